The molecule has 1 heterocycles. The maximum Gasteiger partial charge on any atom is 0.0249 e. The van der Waals surface area contributed by atoms with Gasteiger partial charge in [0.05, 0.1) is 0 Å². The average Bonchev–Trinajstić information content (AvgIpc) is 2.18. The second-order valence-corrected chi connectivity index (χ2v) is 6.03. The lowest BCUT2D eigenvalue weighted by Crippen LogP contribution is -2.40. The number of hydrogen-bond donors (Lipinski definition) is 1. The van der Waals surface area contributed by atoms with Gasteiger partial charge in [0, 0.05) is 34.4 Å². The Balaban J connectivity index is 2.13. The fraction of sp³-hybridized carbons (Fsp3) is 1.00. The first-order valence-electron chi connectivity index (χ1n) is 5.83. The Morgan fingerprint density at radius 3 is 2.64 bits per heavy atom. The van der Waals surface area contributed by atoms with Gasteiger partial charge in [-0.05, 0) is 26.2 Å². The maximum atomic E-state index is 11.1. The molecule has 1 atom stereocenters. The summed E-state index contributed by atoms with van der Waals surface area (Å²) >= 11 is 0. The molecule has 2 nitrogen and oxygen atoms in total. The highest BCUT2D eigenvalue weighted by atomic mass is 32.2. The van der Waals surface area contributed by atoms with Crippen LogP contribution in [0.4, 0.5) is 0 Å². The smallest absolute Gasteiger partial charge is 0.0249 e. The predicted molar refractivity (Wildman–Crippen MR) is 63.0 cm³/mol. The van der Waals surface area contributed by atoms with Crippen LogP contribution in [0.5, 0.6) is 0 Å². The highest BCUT2D eigenvalue weighted by Crippen LogP contribution is 2.11. The number of nitrogens with one attached hydrogen (secondary N) is 1. The minimum atomic E-state index is -0.521. The molecule has 14 heavy (non-hydrogen) atoms. The van der Waals surface area contributed by atoms with Crippen molar-refractivity contribution < 1.29 is 4.21 Å². The molecule has 0 aromatic rings. The topological polar surface area (TPSA) is 29.1 Å². The van der Waals surface area contributed by atoms with Crippen LogP contribution >= 0.6 is 0 Å². The summed E-state index contributed by atoms with van der Waals surface area (Å²) < 4.78 is 11.1. The third-order valence-electron chi connectivity index (χ3n) is 2.90. The van der Waals surface area contributed by atoms with Crippen LogP contribution in [-0.4, -0.2) is 27.8 Å². The Bertz CT molecular complexity index is 174. The molecule has 1 rings (SSSR count). The molecule has 0 aromatic carbocycles. The van der Waals surface area contributed by atoms with Gasteiger partial charge < -0.3 is 5.32 Å². The van der Waals surface area contributed by atoms with Gasteiger partial charge in [0.25, 0.3) is 0 Å². The Kier molecular flexibility index (Phi) is 5.71. The Hall–Kier alpha value is 0.110. The van der Waals surface area contributed by atoms with Crippen molar-refractivity contribution in [3.63, 3.8) is 0 Å². The second-order valence-electron chi connectivity index (χ2n) is 4.33. The number of rotatable bonds is 5. The van der Waals surface area contributed by atoms with Gasteiger partial charge in [-0.3, -0.25) is 4.21 Å². The predicted octanol–water partition coefficient (Wildman–Crippen LogP) is 2.07. The zero-order chi connectivity index (χ0) is 10.4. The minimum Gasteiger partial charge on any atom is -0.311 e. The molecule has 1 N–H and O–H groups in total. The van der Waals surface area contributed by atoms with E-state index in [4.69, 9.17) is 0 Å². The maximum absolute atomic E-state index is 11.1. The second kappa shape index (κ2) is 6.57. The summed E-state index contributed by atoms with van der Waals surface area (Å²) in [5, 5.41) is 3.64. The fourth-order valence-electron chi connectivity index (χ4n) is 1.96. The summed E-state index contributed by atoms with van der Waals surface area (Å²) in [6, 6.07) is 1.26. The van der Waals surface area contributed by atoms with Crippen molar-refractivity contribution in [1.82, 2.24) is 5.32 Å². The van der Waals surface area contributed by atoms with E-state index >= 15 is 0 Å². The van der Waals surface area contributed by atoms with Crippen LogP contribution in [0, 0.1) is 0 Å². The number of hydrogen-bond acceptors (Lipinski definition) is 2. The van der Waals surface area contributed by atoms with E-state index in [9.17, 15) is 4.21 Å². The van der Waals surface area contributed by atoms with Crippen molar-refractivity contribution in [2.24, 2.45) is 0 Å². The molecule has 1 aliphatic rings. The van der Waals surface area contributed by atoms with Crippen LogP contribution in [0.2, 0.25) is 0 Å². The minimum absolute atomic E-state index is 0.521. The largest absolute Gasteiger partial charge is 0.311 e. The van der Waals surface area contributed by atoms with Crippen LogP contribution in [0.3, 0.4) is 0 Å². The van der Waals surface area contributed by atoms with Crippen molar-refractivity contribution in [3.05, 3.63) is 0 Å². The fourth-order valence-corrected chi connectivity index (χ4v) is 3.26. The van der Waals surface area contributed by atoms with Crippen molar-refractivity contribution in [3.8, 4) is 0 Å². The Labute approximate surface area is 90.3 Å². The van der Waals surface area contributed by atoms with Crippen molar-refractivity contribution >= 4 is 10.8 Å². The summed E-state index contributed by atoms with van der Waals surface area (Å²) in [6.45, 7) is 4.50. The van der Waals surface area contributed by atoms with Crippen LogP contribution in [-0.2, 0) is 10.8 Å². The van der Waals surface area contributed by atoms with Gasteiger partial charge in [0.1, 0.15) is 0 Å². The van der Waals surface area contributed by atoms with E-state index in [1.807, 2.05) is 0 Å². The molecule has 0 aromatic heterocycles. The van der Waals surface area contributed by atoms with Gasteiger partial charge in [-0.1, -0.05) is 19.8 Å². The molecule has 1 fully saturated rings. The standard InChI is InChI=1S/C11H23NOS/c1-3-4-5-10(2)12-11-6-8-14(13)9-7-11/h10-12H,3-9H2,1-2H3. The molecule has 84 valence electrons. The highest BCUT2D eigenvalue weighted by molar-refractivity contribution is 7.85. The molecule has 0 radical (unpaired) electrons. The third-order valence-corrected chi connectivity index (χ3v) is 4.28. The van der Waals surface area contributed by atoms with Gasteiger partial charge in [-0.15, -0.1) is 0 Å². The molecule has 0 aliphatic carbocycles. The van der Waals surface area contributed by atoms with Gasteiger partial charge in [-0.2, -0.15) is 0 Å². The molecule has 1 saturated heterocycles. The van der Waals surface area contributed by atoms with Crippen molar-refractivity contribution in [2.45, 2.75) is 58.0 Å². The van der Waals surface area contributed by atoms with Crippen LogP contribution in [0.15, 0.2) is 0 Å². The quantitative estimate of drug-likeness (QED) is 0.764. The molecule has 0 amide bonds. The molecule has 0 spiro atoms. The lowest BCUT2D eigenvalue weighted by molar-refractivity contribution is 0.398. The van der Waals surface area contributed by atoms with Gasteiger partial charge >= 0.3 is 0 Å². The van der Waals surface area contributed by atoms with E-state index < -0.39 is 10.8 Å². The highest BCUT2D eigenvalue weighted by Gasteiger charge is 2.18. The summed E-state index contributed by atoms with van der Waals surface area (Å²) in [7, 11) is -0.521. The zero-order valence-corrected chi connectivity index (χ0v) is 10.2. The first kappa shape index (κ1) is 12.2. The molecular formula is C11H23NOS. The first-order valence-corrected chi connectivity index (χ1v) is 7.32. The van der Waals surface area contributed by atoms with Crippen LogP contribution in [0.1, 0.15) is 46.0 Å². The summed E-state index contributed by atoms with van der Waals surface area (Å²) in [6.07, 6.45) is 6.07. The van der Waals surface area contributed by atoms with E-state index in [2.05, 4.69) is 19.2 Å². The van der Waals surface area contributed by atoms with E-state index in [1.165, 1.54) is 19.3 Å². The molecule has 0 saturated carbocycles. The SMILES string of the molecule is CCCCC(C)NC1CCS(=O)CC1. The number of unbranched alkanes of at least 4 members (excludes halogenated alkanes) is 1. The summed E-state index contributed by atoms with van der Waals surface area (Å²) in [5.41, 5.74) is 0. The third kappa shape index (κ3) is 4.56. The normalized spacial score (nSPS) is 30.1. The molecule has 1 unspecified atom stereocenters. The molecule has 0 bridgehead atoms. The van der Waals surface area contributed by atoms with E-state index in [0.717, 1.165) is 24.3 Å². The van der Waals surface area contributed by atoms with E-state index in [1.54, 1.807) is 0 Å². The monoisotopic (exact) mass is 217 g/mol. The Morgan fingerprint density at radius 1 is 1.43 bits per heavy atom. The van der Waals surface area contributed by atoms with Gasteiger partial charge in [-0.25, -0.2) is 0 Å². The van der Waals surface area contributed by atoms with Gasteiger partial charge in [0.15, 0.2) is 0 Å². The molecule has 1 aliphatic heterocycles. The van der Waals surface area contributed by atoms with Gasteiger partial charge in [0.2, 0.25) is 0 Å². The zero-order valence-electron chi connectivity index (χ0n) is 9.42. The lowest BCUT2D eigenvalue weighted by Gasteiger charge is -2.26. The molecule has 3 heteroatoms. The lowest BCUT2D eigenvalue weighted by atomic mass is 10.1. The first-order chi connectivity index (χ1) is 6.72. The van der Waals surface area contributed by atoms with Crippen molar-refractivity contribution in [2.75, 3.05) is 11.5 Å². The van der Waals surface area contributed by atoms with Crippen LogP contribution < -0.4 is 5.32 Å². The summed E-state index contributed by atoms with van der Waals surface area (Å²) in [5.74, 6) is 1.80. The van der Waals surface area contributed by atoms with Crippen LogP contribution in [0.25, 0.3) is 0 Å². The van der Waals surface area contributed by atoms with E-state index in [-0.39, 0.29) is 0 Å². The molecular weight excluding hydrogens is 194 g/mol. The van der Waals surface area contributed by atoms with E-state index in [0.29, 0.717) is 12.1 Å². The Morgan fingerprint density at radius 2 is 2.07 bits per heavy atom. The summed E-state index contributed by atoms with van der Waals surface area (Å²) in [4.78, 5) is 0. The average molecular weight is 217 g/mol. The van der Waals surface area contributed by atoms with Crippen molar-refractivity contribution in [1.29, 1.82) is 0 Å².